The fourth-order valence-electron chi connectivity index (χ4n) is 1.51. The van der Waals surface area contributed by atoms with E-state index in [1.165, 1.54) is 6.26 Å². The minimum atomic E-state index is -0.131. The third kappa shape index (κ3) is 2.98. The van der Waals surface area contributed by atoms with E-state index in [1.807, 2.05) is 18.2 Å². The SMILES string of the molecule is C=COc1ccc(NC(=O)c2ccccc2)cc1. The van der Waals surface area contributed by atoms with Crippen molar-refractivity contribution in [2.45, 2.75) is 0 Å². The van der Waals surface area contributed by atoms with Gasteiger partial charge in [0.25, 0.3) is 5.91 Å². The van der Waals surface area contributed by atoms with Crippen LogP contribution in [0.4, 0.5) is 5.69 Å². The maximum absolute atomic E-state index is 11.9. The molecule has 3 nitrogen and oxygen atoms in total. The van der Waals surface area contributed by atoms with Crippen LogP contribution < -0.4 is 10.1 Å². The van der Waals surface area contributed by atoms with Gasteiger partial charge in [0.1, 0.15) is 5.75 Å². The minimum absolute atomic E-state index is 0.131. The van der Waals surface area contributed by atoms with Gasteiger partial charge >= 0.3 is 0 Å². The summed E-state index contributed by atoms with van der Waals surface area (Å²) in [6.45, 7) is 3.47. The first-order chi connectivity index (χ1) is 8.79. The monoisotopic (exact) mass is 239 g/mol. The number of anilines is 1. The van der Waals surface area contributed by atoms with Crippen LogP contribution in [0.5, 0.6) is 5.75 Å². The largest absolute Gasteiger partial charge is 0.466 e. The van der Waals surface area contributed by atoms with Crippen molar-refractivity contribution in [3.05, 3.63) is 73.0 Å². The lowest BCUT2D eigenvalue weighted by Gasteiger charge is -2.06. The Hall–Kier alpha value is -2.55. The van der Waals surface area contributed by atoms with Crippen LogP contribution in [0.1, 0.15) is 10.4 Å². The number of benzene rings is 2. The Bertz CT molecular complexity index is 532. The third-order valence-corrected chi connectivity index (χ3v) is 2.37. The first-order valence-electron chi connectivity index (χ1n) is 5.53. The number of carbonyl (C=O) groups is 1. The molecule has 0 bridgehead atoms. The molecule has 0 saturated carbocycles. The van der Waals surface area contributed by atoms with Gasteiger partial charge in [0, 0.05) is 11.3 Å². The molecule has 1 N–H and O–H groups in total. The van der Waals surface area contributed by atoms with E-state index in [1.54, 1.807) is 36.4 Å². The number of hydrogen-bond acceptors (Lipinski definition) is 2. The summed E-state index contributed by atoms with van der Waals surface area (Å²) >= 11 is 0. The highest BCUT2D eigenvalue weighted by Crippen LogP contribution is 2.16. The highest BCUT2D eigenvalue weighted by atomic mass is 16.5. The van der Waals surface area contributed by atoms with Crippen LogP contribution in [0, 0.1) is 0 Å². The Balaban J connectivity index is 2.05. The van der Waals surface area contributed by atoms with E-state index < -0.39 is 0 Å². The molecule has 0 aliphatic carbocycles. The molecule has 0 aromatic heterocycles. The topological polar surface area (TPSA) is 38.3 Å². The van der Waals surface area contributed by atoms with Crippen molar-refractivity contribution in [3.63, 3.8) is 0 Å². The molecule has 0 saturated heterocycles. The number of rotatable bonds is 4. The van der Waals surface area contributed by atoms with E-state index in [2.05, 4.69) is 11.9 Å². The zero-order chi connectivity index (χ0) is 12.8. The molecule has 0 fully saturated rings. The summed E-state index contributed by atoms with van der Waals surface area (Å²) in [6.07, 6.45) is 1.36. The van der Waals surface area contributed by atoms with Crippen LogP contribution in [0.15, 0.2) is 67.4 Å². The normalized spacial score (nSPS) is 9.56. The highest BCUT2D eigenvalue weighted by molar-refractivity contribution is 6.04. The quantitative estimate of drug-likeness (QED) is 0.830. The average Bonchev–Trinajstić information content (AvgIpc) is 2.42. The zero-order valence-electron chi connectivity index (χ0n) is 9.80. The zero-order valence-corrected chi connectivity index (χ0v) is 9.80. The molecule has 18 heavy (non-hydrogen) atoms. The summed E-state index contributed by atoms with van der Waals surface area (Å²) in [5.74, 6) is 0.552. The molecule has 2 rings (SSSR count). The molecule has 0 unspecified atom stereocenters. The summed E-state index contributed by atoms with van der Waals surface area (Å²) < 4.78 is 5.10. The first-order valence-corrected chi connectivity index (χ1v) is 5.53. The molecule has 0 heterocycles. The second-order valence-corrected chi connectivity index (χ2v) is 3.63. The smallest absolute Gasteiger partial charge is 0.255 e. The fourth-order valence-corrected chi connectivity index (χ4v) is 1.51. The molecule has 3 heteroatoms. The maximum Gasteiger partial charge on any atom is 0.255 e. The number of amides is 1. The van der Waals surface area contributed by atoms with E-state index in [4.69, 9.17) is 4.74 Å². The molecule has 0 radical (unpaired) electrons. The van der Waals surface area contributed by atoms with Gasteiger partial charge in [-0.15, -0.1) is 0 Å². The van der Waals surface area contributed by atoms with E-state index in [-0.39, 0.29) is 5.91 Å². The van der Waals surface area contributed by atoms with Gasteiger partial charge in [0.2, 0.25) is 0 Å². The molecule has 2 aromatic rings. The third-order valence-electron chi connectivity index (χ3n) is 2.37. The lowest BCUT2D eigenvalue weighted by Crippen LogP contribution is -2.11. The van der Waals surface area contributed by atoms with E-state index in [0.717, 1.165) is 5.69 Å². The number of nitrogens with one attached hydrogen (secondary N) is 1. The lowest BCUT2D eigenvalue weighted by molar-refractivity contribution is 0.102. The van der Waals surface area contributed by atoms with Gasteiger partial charge in [-0.3, -0.25) is 4.79 Å². The van der Waals surface area contributed by atoms with Crippen LogP contribution in [-0.4, -0.2) is 5.91 Å². The molecule has 0 spiro atoms. The van der Waals surface area contributed by atoms with Gasteiger partial charge in [-0.2, -0.15) is 0 Å². The number of carbonyl (C=O) groups excluding carboxylic acids is 1. The Morgan fingerprint density at radius 3 is 2.33 bits per heavy atom. The minimum Gasteiger partial charge on any atom is -0.466 e. The summed E-state index contributed by atoms with van der Waals surface area (Å²) in [4.78, 5) is 11.9. The Morgan fingerprint density at radius 2 is 1.72 bits per heavy atom. The van der Waals surface area contributed by atoms with Crippen LogP contribution in [0.2, 0.25) is 0 Å². The molecule has 2 aromatic carbocycles. The molecule has 0 aliphatic rings. The standard InChI is InChI=1S/C15H13NO2/c1-2-18-14-10-8-13(9-11-14)16-15(17)12-6-4-3-5-7-12/h2-11H,1H2,(H,16,17). The van der Waals surface area contributed by atoms with Gasteiger partial charge in [0.05, 0.1) is 6.26 Å². The van der Waals surface area contributed by atoms with Crippen LogP contribution >= 0.6 is 0 Å². The fraction of sp³-hybridized carbons (Fsp3) is 0. The Kier molecular flexibility index (Phi) is 3.76. The molecular formula is C15H13NO2. The van der Waals surface area contributed by atoms with Crippen molar-refractivity contribution in [2.75, 3.05) is 5.32 Å². The van der Waals surface area contributed by atoms with Gasteiger partial charge in [-0.05, 0) is 36.4 Å². The summed E-state index contributed by atoms with van der Waals surface area (Å²) in [7, 11) is 0. The molecule has 0 aliphatic heterocycles. The van der Waals surface area contributed by atoms with E-state index in [9.17, 15) is 4.79 Å². The Labute approximate surface area is 106 Å². The summed E-state index contributed by atoms with van der Waals surface area (Å²) in [5.41, 5.74) is 1.35. The van der Waals surface area contributed by atoms with Crippen molar-refractivity contribution in [1.82, 2.24) is 0 Å². The van der Waals surface area contributed by atoms with Crippen LogP contribution in [0.3, 0.4) is 0 Å². The predicted octanol–water partition coefficient (Wildman–Crippen LogP) is 3.46. The van der Waals surface area contributed by atoms with Crippen LogP contribution in [-0.2, 0) is 0 Å². The van der Waals surface area contributed by atoms with Crippen molar-refractivity contribution >= 4 is 11.6 Å². The average molecular weight is 239 g/mol. The summed E-state index contributed by atoms with van der Waals surface area (Å²) in [5, 5.41) is 2.81. The van der Waals surface area contributed by atoms with E-state index in [0.29, 0.717) is 11.3 Å². The maximum atomic E-state index is 11.9. The second-order valence-electron chi connectivity index (χ2n) is 3.63. The number of ether oxygens (including phenoxy) is 1. The first kappa shape index (κ1) is 11.9. The van der Waals surface area contributed by atoms with Gasteiger partial charge in [-0.25, -0.2) is 0 Å². The predicted molar refractivity (Wildman–Crippen MR) is 71.7 cm³/mol. The number of hydrogen-bond donors (Lipinski definition) is 1. The second kappa shape index (κ2) is 5.68. The lowest BCUT2D eigenvalue weighted by atomic mass is 10.2. The van der Waals surface area contributed by atoms with Crippen molar-refractivity contribution in [2.24, 2.45) is 0 Å². The molecule has 1 amide bonds. The van der Waals surface area contributed by atoms with Gasteiger partial charge in [-0.1, -0.05) is 24.8 Å². The molecular weight excluding hydrogens is 226 g/mol. The summed E-state index contributed by atoms with van der Waals surface area (Å²) in [6, 6.07) is 16.2. The van der Waals surface area contributed by atoms with Crippen molar-refractivity contribution < 1.29 is 9.53 Å². The Morgan fingerprint density at radius 1 is 1.06 bits per heavy atom. The molecule has 0 atom stereocenters. The van der Waals surface area contributed by atoms with Gasteiger partial charge in [0.15, 0.2) is 0 Å². The van der Waals surface area contributed by atoms with Crippen LogP contribution in [0.25, 0.3) is 0 Å². The van der Waals surface area contributed by atoms with E-state index >= 15 is 0 Å². The highest BCUT2D eigenvalue weighted by Gasteiger charge is 2.04. The molecule has 90 valence electrons. The van der Waals surface area contributed by atoms with Crippen molar-refractivity contribution in [3.8, 4) is 5.75 Å². The van der Waals surface area contributed by atoms with Gasteiger partial charge < -0.3 is 10.1 Å². The van der Waals surface area contributed by atoms with Crippen molar-refractivity contribution in [1.29, 1.82) is 0 Å².